The van der Waals surface area contributed by atoms with E-state index in [2.05, 4.69) is 0 Å². The molecule has 0 spiro atoms. The number of rotatable bonds is 8. The molecule has 1 amide bonds. The third-order valence-corrected chi connectivity index (χ3v) is 6.38. The molecule has 1 aromatic rings. The Morgan fingerprint density at radius 2 is 1.67 bits per heavy atom. The van der Waals surface area contributed by atoms with Crippen molar-refractivity contribution >= 4 is 28.3 Å². The first-order chi connectivity index (χ1) is 12.4. The summed E-state index contributed by atoms with van der Waals surface area (Å²) >= 11 is 0. The minimum Gasteiger partial charge on any atom is -0.340 e. The number of sulfonamides is 1. The second-order valence-corrected chi connectivity index (χ2v) is 8.22. The highest BCUT2D eigenvalue weighted by Crippen LogP contribution is 2.21. The van der Waals surface area contributed by atoms with Crippen LogP contribution in [0.5, 0.6) is 0 Å². The number of nitrogens with zero attached hydrogens (tertiary/aromatic N) is 2. The SMILES string of the molecule is Cl.NCCCCCCC(=O)N1CCN(S(=O)(=O)c2ccc(F)cc2F)CC1. The second-order valence-electron chi connectivity index (χ2n) is 6.31. The van der Waals surface area contributed by atoms with Gasteiger partial charge in [-0.1, -0.05) is 12.8 Å². The van der Waals surface area contributed by atoms with Crippen LogP contribution in [0.2, 0.25) is 0 Å². The van der Waals surface area contributed by atoms with Crippen LogP contribution in [-0.2, 0) is 14.8 Å². The fraction of sp³-hybridized carbons (Fsp3) is 0.588. The molecule has 0 bridgehead atoms. The highest BCUT2D eigenvalue weighted by atomic mass is 35.5. The van der Waals surface area contributed by atoms with E-state index in [0.29, 0.717) is 19.0 Å². The normalized spacial score (nSPS) is 15.4. The Bertz CT molecular complexity index is 726. The maximum Gasteiger partial charge on any atom is 0.246 e. The Hall–Kier alpha value is -1.29. The van der Waals surface area contributed by atoms with E-state index in [9.17, 15) is 22.0 Å². The van der Waals surface area contributed by atoms with E-state index in [1.165, 1.54) is 0 Å². The Morgan fingerprint density at radius 3 is 2.26 bits per heavy atom. The predicted octanol–water partition coefficient (Wildman–Crippen LogP) is 2.13. The first-order valence-electron chi connectivity index (χ1n) is 8.79. The molecule has 1 heterocycles. The first-order valence-corrected chi connectivity index (χ1v) is 10.2. The van der Waals surface area contributed by atoms with E-state index in [0.717, 1.165) is 42.1 Å². The van der Waals surface area contributed by atoms with Gasteiger partial charge < -0.3 is 10.6 Å². The van der Waals surface area contributed by atoms with Gasteiger partial charge in [0.25, 0.3) is 0 Å². The summed E-state index contributed by atoms with van der Waals surface area (Å²) in [7, 11) is -4.04. The van der Waals surface area contributed by atoms with E-state index < -0.39 is 26.6 Å². The standard InChI is InChI=1S/C17H25F2N3O3S.ClH/c18-14-6-7-16(15(19)13-14)26(24,25)22-11-9-21(10-12-22)17(23)5-3-1-2-4-8-20;/h6-7,13H,1-5,8-12,20H2;1H. The van der Waals surface area contributed by atoms with Crippen molar-refractivity contribution in [3.8, 4) is 0 Å². The van der Waals surface area contributed by atoms with E-state index in [-0.39, 0.29) is 44.5 Å². The maximum atomic E-state index is 13.8. The molecule has 1 saturated heterocycles. The number of benzene rings is 1. The Morgan fingerprint density at radius 1 is 1.04 bits per heavy atom. The van der Waals surface area contributed by atoms with Crippen LogP contribution in [0, 0.1) is 11.6 Å². The summed E-state index contributed by atoms with van der Waals surface area (Å²) in [6.45, 7) is 1.38. The minimum absolute atomic E-state index is 0. The van der Waals surface area contributed by atoms with Crippen LogP contribution in [0.4, 0.5) is 8.78 Å². The lowest BCUT2D eigenvalue weighted by atomic mass is 10.1. The Labute approximate surface area is 165 Å². The molecule has 1 aliphatic heterocycles. The molecule has 10 heteroatoms. The third kappa shape index (κ3) is 6.38. The smallest absolute Gasteiger partial charge is 0.246 e. The van der Waals surface area contributed by atoms with Gasteiger partial charge in [-0.2, -0.15) is 4.31 Å². The molecular weight excluding hydrogens is 400 g/mol. The van der Waals surface area contributed by atoms with Gasteiger partial charge in [0.1, 0.15) is 16.5 Å². The van der Waals surface area contributed by atoms with Crippen molar-refractivity contribution in [2.75, 3.05) is 32.7 Å². The van der Waals surface area contributed by atoms with Gasteiger partial charge >= 0.3 is 0 Å². The first kappa shape index (κ1) is 23.7. The van der Waals surface area contributed by atoms with E-state index in [4.69, 9.17) is 5.73 Å². The zero-order valence-electron chi connectivity index (χ0n) is 15.1. The number of halogens is 3. The number of unbranched alkanes of at least 4 members (excludes halogenated alkanes) is 3. The maximum absolute atomic E-state index is 13.8. The van der Waals surface area contributed by atoms with Crippen LogP contribution in [0.3, 0.4) is 0 Å². The van der Waals surface area contributed by atoms with Crippen molar-refractivity contribution in [3.63, 3.8) is 0 Å². The van der Waals surface area contributed by atoms with Gasteiger partial charge in [0, 0.05) is 38.7 Å². The molecule has 154 valence electrons. The molecule has 1 aromatic carbocycles. The number of amides is 1. The van der Waals surface area contributed by atoms with Crippen LogP contribution in [-0.4, -0.2) is 56.3 Å². The fourth-order valence-electron chi connectivity index (χ4n) is 2.93. The average Bonchev–Trinajstić information content (AvgIpc) is 2.61. The van der Waals surface area contributed by atoms with Crippen LogP contribution in [0.25, 0.3) is 0 Å². The van der Waals surface area contributed by atoms with Gasteiger partial charge in [0.05, 0.1) is 0 Å². The van der Waals surface area contributed by atoms with Gasteiger partial charge in [-0.05, 0) is 31.5 Å². The predicted molar refractivity (Wildman–Crippen MR) is 101 cm³/mol. The molecule has 0 saturated carbocycles. The summed E-state index contributed by atoms with van der Waals surface area (Å²) in [5, 5.41) is 0. The zero-order chi connectivity index (χ0) is 19.2. The lowest BCUT2D eigenvalue weighted by molar-refractivity contribution is -0.132. The summed E-state index contributed by atoms with van der Waals surface area (Å²) in [6, 6.07) is 2.40. The van der Waals surface area contributed by atoms with Crippen LogP contribution in [0.1, 0.15) is 32.1 Å². The summed E-state index contributed by atoms with van der Waals surface area (Å²) in [6.07, 6.45) is 4.12. The quantitative estimate of drug-likeness (QED) is 0.647. The van der Waals surface area contributed by atoms with E-state index >= 15 is 0 Å². The molecule has 0 atom stereocenters. The summed E-state index contributed by atoms with van der Waals surface area (Å²) < 4.78 is 53.0. The number of hydrogen-bond acceptors (Lipinski definition) is 4. The van der Waals surface area contributed by atoms with Gasteiger partial charge in [0.2, 0.25) is 15.9 Å². The van der Waals surface area contributed by atoms with E-state index in [1.54, 1.807) is 4.90 Å². The lowest BCUT2D eigenvalue weighted by Crippen LogP contribution is -2.50. The molecule has 27 heavy (non-hydrogen) atoms. The van der Waals surface area contributed by atoms with Gasteiger partial charge in [0.15, 0.2) is 0 Å². The molecular formula is C17H26ClF2N3O3S. The molecule has 0 unspecified atom stereocenters. The summed E-state index contributed by atoms with van der Waals surface area (Å²) in [4.78, 5) is 13.3. The van der Waals surface area contributed by atoms with Crippen LogP contribution in [0.15, 0.2) is 23.1 Å². The topological polar surface area (TPSA) is 83.7 Å². The van der Waals surface area contributed by atoms with Crippen molar-refractivity contribution < 1.29 is 22.0 Å². The number of carbonyl (C=O) groups excluding carboxylic acids is 1. The highest BCUT2D eigenvalue weighted by Gasteiger charge is 2.31. The van der Waals surface area contributed by atoms with Crippen LogP contribution >= 0.6 is 12.4 Å². The van der Waals surface area contributed by atoms with Crippen molar-refractivity contribution in [1.82, 2.24) is 9.21 Å². The minimum atomic E-state index is -4.04. The van der Waals surface area contributed by atoms with Crippen LogP contribution < -0.4 is 5.73 Å². The van der Waals surface area contributed by atoms with Crippen molar-refractivity contribution in [2.45, 2.75) is 37.0 Å². The van der Waals surface area contributed by atoms with Crippen molar-refractivity contribution in [2.24, 2.45) is 5.73 Å². The monoisotopic (exact) mass is 425 g/mol. The molecule has 0 aliphatic carbocycles. The van der Waals surface area contributed by atoms with Crippen molar-refractivity contribution in [3.05, 3.63) is 29.8 Å². The molecule has 0 aromatic heterocycles. The van der Waals surface area contributed by atoms with Crippen molar-refractivity contribution in [1.29, 1.82) is 0 Å². The molecule has 0 radical (unpaired) electrons. The summed E-state index contributed by atoms with van der Waals surface area (Å²) in [5.74, 6) is -1.94. The Balaban J connectivity index is 0.00000364. The third-order valence-electron chi connectivity index (χ3n) is 4.45. The highest BCUT2D eigenvalue weighted by molar-refractivity contribution is 7.89. The fourth-order valence-corrected chi connectivity index (χ4v) is 4.40. The molecule has 2 rings (SSSR count). The number of piperazine rings is 1. The largest absolute Gasteiger partial charge is 0.340 e. The molecule has 6 nitrogen and oxygen atoms in total. The summed E-state index contributed by atoms with van der Waals surface area (Å²) in [5.41, 5.74) is 5.42. The van der Waals surface area contributed by atoms with E-state index in [1.807, 2.05) is 0 Å². The number of carbonyl (C=O) groups is 1. The molecule has 1 fully saturated rings. The average molecular weight is 426 g/mol. The zero-order valence-corrected chi connectivity index (χ0v) is 16.7. The number of hydrogen-bond donors (Lipinski definition) is 1. The lowest BCUT2D eigenvalue weighted by Gasteiger charge is -2.34. The number of nitrogens with two attached hydrogens (primary N) is 1. The Kier molecular flexibility index (Phi) is 9.58. The van der Waals surface area contributed by atoms with Gasteiger partial charge in [-0.3, -0.25) is 4.79 Å². The molecule has 1 aliphatic rings. The second kappa shape index (κ2) is 10.9. The van der Waals surface area contributed by atoms with Gasteiger partial charge in [-0.25, -0.2) is 17.2 Å². The van der Waals surface area contributed by atoms with Gasteiger partial charge in [-0.15, -0.1) is 12.4 Å². The molecule has 2 N–H and O–H groups in total.